The van der Waals surface area contributed by atoms with Crippen LogP contribution in [0.4, 0.5) is 4.39 Å². The third kappa shape index (κ3) is 4.41. The summed E-state index contributed by atoms with van der Waals surface area (Å²) in [7, 11) is -1.94. The zero-order valence-corrected chi connectivity index (χ0v) is 10.5. The van der Waals surface area contributed by atoms with E-state index in [1.165, 1.54) is 19.2 Å². The number of halogens is 1. The highest BCUT2D eigenvalue weighted by molar-refractivity contribution is 7.89. The van der Waals surface area contributed by atoms with E-state index in [0.717, 1.165) is 4.31 Å². The molecule has 0 saturated carbocycles. The van der Waals surface area contributed by atoms with Gasteiger partial charge < -0.3 is 5.11 Å². The summed E-state index contributed by atoms with van der Waals surface area (Å²) < 4.78 is 37.5. The zero-order chi connectivity index (χ0) is 12.9. The Balaban J connectivity index is 2.68. The molecular formula is C11H16FNO3S. The average molecular weight is 261 g/mol. The van der Waals surface area contributed by atoms with Gasteiger partial charge in [0, 0.05) is 20.2 Å². The maximum Gasteiger partial charge on any atom is 0.214 e. The van der Waals surface area contributed by atoms with Gasteiger partial charge in [-0.15, -0.1) is 0 Å². The van der Waals surface area contributed by atoms with Gasteiger partial charge in [-0.25, -0.2) is 17.1 Å². The van der Waals surface area contributed by atoms with Crippen LogP contribution in [0.2, 0.25) is 0 Å². The minimum Gasteiger partial charge on any atom is -0.396 e. The Kier molecular flexibility index (Phi) is 5.04. The Morgan fingerprint density at radius 1 is 1.41 bits per heavy atom. The number of aliphatic hydroxyl groups excluding tert-OH is 1. The standard InChI is InChI=1S/C11H16FNO3S/c1-13(17(15,16)7-3-6-14)9-10-4-2-5-11(12)8-10/h2,4-5,8,14H,3,6-7,9H2,1H3. The fourth-order valence-corrected chi connectivity index (χ4v) is 2.54. The van der Waals surface area contributed by atoms with Crippen molar-refractivity contribution in [3.8, 4) is 0 Å². The molecule has 96 valence electrons. The zero-order valence-electron chi connectivity index (χ0n) is 9.63. The number of nitrogens with zero attached hydrogens (tertiary/aromatic N) is 1. The van der Waals surface area contributed by atoms with Gasteiger partial charge in [0.2, 0.25) is 10.0 Å². The lowest BCUT2D eigenvalue weighted by molar-refractivity contribution is 0.294. The summed E-state index contributed by atoms with van der Waals surface area (Å²) in [5, 5.41) is 8.60. The molecule has 0 heterocycles. The Morgan fingerprint density at radius 3 is 2.71 bits per heavy atom. The van der Waals surface area contributed by atoms with E-state index in [4.69, 9.17) is 5.11 Å². The molecule has 0 amide bonds. The van der Waals surface area contributed by atoms with Gasteiger partial charge in [-0.3, -0.25) is 0 Å². The van der Waals surface area contributed by atoms with Crippen LogP contribution in [-0.2, 0) is 16.6 Å². The summed E-state index contributed by atoms with van der Waals surface area (Å²) in [6.45, 7) is -0.0292. The highest BCUT2D eigenvalue weighted by Crippen LogP contribution is 2.10. The molecule has 6 heteroatoms. The normalized spacial score (nSPS) is 12.0. The van der Waals surface area contributed by atoms with Crippen LogP contribution >= 0.6 is 0 Å². The Bertz CT molecular complexity index is 462. The van der Waals surface area contributed by atoms with Gasteiger partial charge in [0.1, 0.15) is 5.82 Å². The summed E-state index contributed by atoms with van der Waals surface area (Å²) in [6.07, 6.45) is 0.204. The highest BCUT2D eigenvalue weighted by atomic mass is 32.2. The van der Waals surface area contributed by atoms with E-state index in [9.17, 15) is 12.8 Å². The SMILES string of the molecule is CN(Cc1cccc(F)c1)S(=O)(=O)CCCO. The molecule has 4 nitrogen and oxygen atoms in total. The van der Waals surface area contributed by atoms with Crippen LogP contribution in [0.5, 0.6) is 0 Å². The molecular weight excluding hydrogens is 245 g/mol. The summed E-state index contributed by atoms with van der Waals surface area (Å²) in [5.74, 6) is -0.487. The molecule has 0 aliphatic heterocycles. The van der Waals surface area contributed by atoms with Crippen molar-refractivity contribution in [1.29, 1.82) is 0 Å². The Morgan fingerprint density at radius 2 is 2.12 bits per heavy atom. The van der Waals surface area contributed by atoms with Crippen LogP contribution in [0.15, 0.2) is 24.3 Å². The van der Waals surface area contributed by atoms with E-state index < -0.39 is 10.0 Å². The van der Waals surface area contributed by atoms with Crippen LogP contribution in [0.1, 0.15) is 12.0 Å². The maximum absolute atomic E-state index is 12.9. The van der Waals surface area contributed by atoms with E-state index in [1.807, 2.05) is 0 Å². The van der Waals surface area contributed by atoms with Crippen molar-refractivity contribution < 1.29 is 17.9 Å². The van der Waals surface area contributed by atoms with Gasteiger partial charge >= 0.3 is 0 Å². The topological polar surface area (TPSA) is 57.6 Å². The van der Waals surface area contributed by atoms with Gasteiger partial charge in [-0.2, -0.15) is 0 Å². The van der Waals surface area contributed by atoms with Gasteiger partial charge in [0.05, 0.1) is 5.75 Å². The van der Waals surface area contributed by atoms with Crippen molar-refractivity contribution >= 4 is 10.0 Å². The first-order valence-corrected chi connectivity index (χ1v) is 6.86. The largest absolute Gasteiger partial charge is 0.396 e. The van der Waals surface area contributed by atoms with Crippen molar-refractivity contribution in [1.82, 2.24) is 4.31 Å². The van der Waals surface area contributed by atoms with Gasteiger partial charge in [-0.05, 0) is 24.1 Å². The van der Waals surface area contributed by atoms with Crippen LogP contribution in [0.25, 0.3) is 0 Å². The highest BCUT2D eigenvalue weighted by Gasteiger charge is 2.17. The minimum atomic E-state index is -3.38. The second-order valence-electron chi connectivity index (χ2n) is 3.78. The minimum absolute atomic E-state index is 0.102. The molecule has 0 atom stereocenters. The lowest BCUT2D eigenvalue weighted by Crippen LogP contribution is -2.29. The smallest absolute Gasteiger partial charge is 0.214 e. The first-order valence-electron chi connectivity index (χ1n) is 5.25. The molecule has 0 aliphatic carbocycles. The van der Waals surface area contributed by atoms with Crippen LogP contribution < -0.4 is 0 Å². The lowest BCUT2D eigenvalue weighted by Gasteiger charge is -2.16. The fraction of sp³-hybridized carbons (Fsp3) is 0.455. The van der Waals surface area contributed by atoms with Gasteiger partial charge in [-0.1, -0.05) is 12.1 Å². The number of hydrogen-bond acceptors (Lipinski definition) is 3. The van der Waals surface area contributed by atoms with E-state index in [2.05, 4.69) is 0 Å². The molecule has 1 rings (SSSR count). The van der Waals surface area contributed by atoms with Crippen molar-refractivity contribution in [2.45, 2.75) is 13.0 Å². The second-order valence-corrected chi connectivity index (χ2v) is 5.97. The lowest BCUT2D eigenvalue weighted by atomic mass is 10.2. The monoisotopic (exact) mass is 261 g/mol. The summed E-state index contributed by atoms with van der Waals surface area (Å²) in [6, 6.07) is 5.82. The second kappa shape index (κ2) is 6.09. The molecule has 1 aromatic rings. The number of rotatable bonds is 6. The fourth-order valence-electron chi connectivity index (χ4n) is 1.39. The average Bonchev–Trinajstić information content (AvgIpc) is 2.26. The quantitative estimate of drug-likeness (QED) is 0.830. The van der Waals surface area contributed by atoms with Crippen molar-refractivity contribution in [2.24, 2.45) is 0 Å². The third-order valence-electron chi connectivity index (χ3n) is 2.33. The molecule has 0 unspecified atom stereocenters. The summed E-state index contributed by atoms with van der Waals surface area (Å²) in [5.41, 5.74) is 0.597. The van der Waals surface area contributed by atoms with E-state index in [0.29, 0.717) is 5.56 Å². The number of hydrogen-bond donors (Lipinski definition) is 1. The Labute approximate surface area is 101 Å². The van der Waals surface area contributed by atoms with Gasteiger partial charge in [0.15, 0.2) is 0 Å². The third-order valence-corrected chi connectivity index (χ3v) is 4.21. The molecule has 0 radical (unpaired) electrons. The molecule has 1 N–H and O–H groups in total. The first kappa shape index (κ1) is 14.1. The van der Waals surface area contributed by atoms with Crippen molar-refractivity contribution in [3.05, 3.63) is 35.6 Å². The van der Waals surface area contributed by atoms with Gasteiger partial charge in [0.25, 0.3) is 0 Å². The van der Waals surface area contributed by atoms with E-state index in [1.54, 1.807) is 12.1 Å². The van der Waals surface area contributed by atoms with Crippen molar-refractivity contribution in [2.75, 3.05) is 19.4 Å². The van der Waals surface area contributed by atoms with Crippen LogP contribution in [0, 0.1) is 5.82 Å². The number of benzene rings is 1. The molecule has 0 aliphatic rings. The molecule has 17 heavy (non-hydrogen) atoms. The molecule has 0 saturated heterocycles. The summed E-state index contributed by atoms with van der Waals surface area (Å²) >= 11 is 0. The molecule has 0 fully saturated rings. The predicted molar refractivity (Wildman–Crippen MR) is 63.4 cm³/mol. The van der Waals surface area contributed by atoms with Crippen molar-refractivity contribution in [3.63, 3.8) is 0 Å². The molecule has 0 aromatic heterocycles. The van der Waals surface area contributed by atoms with E-state index in [-0.39, 0.29) is 31.1 Å². The maximum atomic E-state index is 12.9. The van der Waals surface area contributed by atoms with Crippen LogP contribution in [0.3, 0.4) is 0 Å². The molecule has 1 aromatic carbocycles. The predicted octanol–water partition coefficient (Wildman–Crippen LogP) is 0.970. The number of sulfonamides is 1. The van der Waals surface area contributed by atoms with Crippen LogP contribution in [-0.4, -0.2) is 37.2 Å². The molecule has 0 spiro atoms. The summed E-state index contributed by atoms with van der Waals surface area (Å²) in [4.78, 5) is 0. The number of aliphatic hydroxyl groups is 1. The first-order chi connectivity index (χ1) is 7.95. The Hall–Kier alpha value is -0.980. The molecule has 0 bridgehead atoms. The van der Waals surface area contributed by atoms with E-state index >= 15 is 0 Å².